The third-order valence-corrected chi connectivity index (χ3v) is 3.10. The second kappa shape index (κ2) is 5.10. The first-order valence-electron chi connectivity index (χ1n) is 5.79. The number of ether oxygens (including phenoxy) is 1. The fourth-order valence-electron chi connectivity index (χ4n) is 2.00. The van der Waals surface area contributed by atoms with Gasteiger partial charge in [-0.2, -0.15) is 0 Å². The zero-order valence-corrected chi connectivity index (χ0v) is 9.48. The maximum Gasteiger partial charge on any atom is 0.273 e. The van der Waals surface area contributed by atoms with Crippen molar-refractivity contribution < 1.29 is 18.6 Å². The molecule has 0 amide bonds. The summed E-state index contributed by atoms with van der Waals surface area (Å²) in [6, 6.07) is 9.57. The van der Waals surface area contributed by atoms with E-state index in [1.807, 2.05) is 30.3 Å². The summed E-state index contributed by atoms with van der Waals surface area (Å²) in [5, 5.41) is 9.27. The molecule has 2 atom stereocenters. The molecule has 0 aromatic heterocycles. The Kier molecular flexibility index (Phi) is 3.74. The van der Waals surface area contributed by atoms with Gasteiger partial charge in [-0.3, -0.25) is 0 Å². The predicted molar refractivity (Wildman–Crippen MR) is 59.8 cm³/mol. The Hall–Kier alpha value is -1.00. The van der Waals surface area contributed by atoms with E-state index in [1.165, 1.54) is 0 Å². The molecular weight excluding hydrogens is 226 g/mol. The van der Waals surface area contributed by atoms with Crippen molar-refractivity contribution in [3.8, 4) is 0 Å². The number of rotatable bonds is 3. The average Bonchev–Trinajstić information content (AvgIpc) is 2.32. The minimum absolute atomic E-state index is 0.0137. The molecule has 17 heavy (non-hydrogen) atoms. The van der Waals surface area contributed by atoms with Gasteiger partial charge in [-0.25, -0.2) is 8.78 Å². The van der Waals surface area contributed by atoms with E-state index in [9.17, 15) is 13.9 Å². The molecule has 2 unspecified atom stereocenters. The molecule has 0 spiro atoms. The van der Waals surface area contributed by atoms with E-state index in [0.29, 0.717) is 13.0 Å². The van der Waals surface area contributed by atoms with Crippen molar-refractivity contribution in [3.63, 3.8) is 0 Å². The minimum atomic E-state index is -2.95. The molecule has 0 bridgehead atoms. The number of benzene rings is 1. The van der Waals surface area contributed by atoms with E-state index < -0.39 is 12.0 Å². The van der Waals surface area contributed by atoms with Gasteiger partial charge in [0.25, 0.3) is 5.92 Å². The van der Waals surface area contributed by atoms with E-state index in [1.54, 1.807) is 0 Å². The van der Waals surface area contributed by atoms with Crippen LogP contribution in [0.4, 0.5) is 8.78 Å². The van der Waals surface area contributed by atoms with Crippen LogP contribution in [0.3, 0.4) is 0 Å². The lowest BCUT2D eigenvalue weighted by atomic mass is 9.91. The number of aliphatic hydroxyl groups is 1. The normalized spacial score (nSPS) is 27.9. The molecule has 4 heteroatoms. The Bertz CT molecular complexity index is 354. The molecular formula is C13H16F2O2. The van der Waals surface area contributed by atoms with Crippen LogP contribution in [0.25, 0.3) is 0 Å². The quantitative estimate of drug-likeness (QED) is 0.883. The van der Waals surface area contributed by atoms with Crippen LogP contribution in [0.2, 0.25) is 0 Å². The Balaban J connectivity index is 1.82. The highest BCUT2D eigenvalue weighted by molar-refractivity contribution is 5.13. The van der Waals surface area contributed by atoms with Crippen LogP contribution >= 0.6 is 0 Å². The van der Waals surface area contributed by atoms with Gasteiger partial charge in [0.1, 0.15) is 6.10 Å². The van der Waals surface area contributed by atoms with Crippen LogP contribution < -0.4 is 0 Å². The highest BCUT2D eigenvalue weighted by Gasteiger charge is 2.43. The van der Waals surface area contributed by atoms with Crippen molar-refractivity contribution in [3.05, 3.63) is 35.9 Å². The van der Waals surface area contributed by atoms with Crippen LogP contribution in [0.1, 0.15) is 24.8 Å². The number of hydrogen-bond acceptors (Lipinski definition) is 2. The monoisotopic (exact) mass is 242 g/mol. The summed E-state index contributed by atoms with van der Waals surface area (Å²) in [5.74, 6) is -2.95. The van der Waals surface area contributed by atoms with E-state index in [0.717, 1.165) is 5.56 Å². The summed E-state index contributed by atoms with van der Waals surface area (Å²) in [4.78, 5) is 0. The van der Waals surface area contributed by atoms with Crippen LogP contribution in [-0.2, 0) is 11.3 Å². The van der Waals surface area contributed by atoms with E-state index in [-0.39, 0.29) is 18.9 Å². The lowest BCUT2D eigenvalue weighted by molar-refractivity contribution is -0.162. The van der Waals surface area contributed by atoms with Crippen LogP contribution in [0.15, 0.2) is 30.3 Å². The molecule has 94 valence electrons. The fourth-order valence-corrected chi connectivity index (χ4v) is 2.00. The van der Waals surface area contributed by atoms with Crippen molar-refractivity contribution in [2.75, 3.05) is 0 Å². The smallest absolute Gasteiger partial charge is 0.273 e. The summed E-state index contributed by atoms with van der Waals surface area (Å²) in [6.07, 6.45) is -1.83. The van der Waals surface area contributed by atoms with Gasteiger partial charge in [-0.05, 0) is 12.0 Å². The Morgan fingerprint density at radius 2 is 2.00 bits per heavy atom. The molecule has 1 aliphatic carbocycles. The van der Waals surface area contributed by atoms with Crippen molar-refractivity contribution in [2.45, 2.75) is 44.0 Å². The molecule has 0 radical (unpaired) electrons. The lowest BCUT2D eigenvalue weighted by Crippen LogP contribution is -2.42. The summed E-state index contributed by atoms with van der Waals surface area (Å²) < 4.78 is 31.6. The van der Waals surface area contributed by atoms with Crippen molar-refractivity contribution >= 4 is 0 Å². The highest BCUT2D eigenvalue weighted by atomic mass is 19.3. The van der Waals surface area contributed by atoms with Crippen molar-refractivity contribution in [2.24, 2.45) is 0 Å². The fraction of sp³-hybridized carbons (Fsp3) is 0.538. The summed E-state index contributed by atoms with van der Waals surface area (Å²) in [6.45, 7) is 0.407. The maximum atomic E-state index is 13.0. The first kappa shape index (κ1) is 12.5. The Labute approximate surface area is 99.2 Å². The molecule has 1 N–H and O–H groups in total. The standard InChI is InChI=1S/C13H16F2O2/c14-13(15)7-6-11(8-12(13)16)17-9-10-4-2-1-3-5-10/h1-5,11-12,16H,6-9H2. The van der Waals surface area contributed by atoms with Gasteiger partial charge < -0.3 is 9.84 Å². The highest BCUT2D eigenvalue weighted by Crippen LogP contribution is 2.34. The minimum Gasteiger partial charge on any atom is -0.387 e. The van der Waals surface area contributed by atoms with Gasteiger partial charge >= 0.3 is 0 Å². The zero-order chi connectivity index (χ0) is 12.3. The summed E-state index contributed by atoms with van der Waals surface area (Å²) in [7, 11) is 0. The van der Waals surface area contributed by atoms with Gasteiger partial charge in [-0.15, -0.1) is 0 Å². The Morgan fingerprint density at radius 3 is 2.65 bits per heavy atom. The van der Waals surface area contributed by atoms with Gasteiger partial charge in [0, 0.05) is 12.8 Å². The summed E-state index contributed by atoms with van der Waals surface area (Å²) >= 11 is 0. The maximum absolute atomic E-state index is 13.0. The molecule has 1 saturated carbocycles. The predicted octanol–water partition coefficient (Wildman–Crippen LogP) is 2.75. The average molecular weight is 242 g/mol. The molecule has 0 saturated heterocycles. The van der Waals surface area contributed by atoms with E-state index in [2.05, 4.69) is 0 Å². The van der Waals surface area contributed by atoms with Crippen LogP contribution in [-0.4, -0.2) is 23.2 Å². The van der Waals surface area contributed by atoms with Gasteiger partial charge in [0.15, 0.2) is 0 Å². The first-order chi connectivity index (χ1) is 8.08. The van der Waals surface area contributed by atoms with E-state index >= 15 is 0 Å². The number of halogens is 2. The van der Waals surface area contributed by atoms with Crippen molar-refractivity contribution in [1.29, 1.82) is 0 Å². The number of hydrogen-bond donors (Lipinski definition) is 1. The molecule has 1 fully saturated rings. The van der Waals surface area contributed by atoms with Crippen LogP contribution in [0.5, 0.6) is 0 Å². The second-order valence-corrected chi connectivity index (χ2v) is 4.47. The third-order valence-electron chi connectivity index (χ3n) is 3.10. The van der Waals surface area contributed by atoms with Gasteiger partial charge in [-0.1, -0.05) is 30.3 Å². The molecule has 2 nitrogen and oxygen atoms in total. The first-order valence-corrected chi connectivity index (χ1v) is 5.79. The molecule has 0 aliphatic heterocycles. The molecule has 1 aromatic carbocycles. The lowest BCUT2D eigenvalue weighted by Gasteiger charge is -2.32. The Morgan fingerprint density at radius 1 is 1.29 bits per heavy atom. The van der Waals surface area contributed by atoms with Crippen LogP contribution in [0, 0.1) is 0 Å². The van der Waals surface area contributed by atoms with E-state index in [4.69, 9.17) is 4.74 Å². The van der Waals surface area contributed by atoms with Gasteiger partial charge in [0.2, 0.25) is 0 Å². The zero-order valence-electron chi connectivity index (χ0n) is 9.48. The SMILES string of the molecule is OC1CC(OCc2ccccc2)CCC1(F)F. The number of alkyl halides is 2. The van der Waals surface area contributed by atoms with Gasteiger partial charge in [0.05, 0.1) is 12.7 Å². The third kappa shape index (κ3) is 3.23. The summed E-state index contributed by atoms with van der Waals surface area (Å²) in [5.41, 5.74) is 1.01. The molecule has 1 aromatic rings. The number of aliphatic hydroxyl groups excluding tert-OH is 1. The molecule has 2 rings (SSSR count). The largest absolute Gasteiger partial charge is 0.387 e. The van der Waals surface area contributed by atoms with Crippen molar-refractivity contribution in [1.82, 2.24) is 0 Å². The molecule has 0 heterocycles. The second-order valence-electron chi connectivity index (χ2n) is 4.47. The topological polar surface area (TPSA) is 29.5 Å². The molecule has 1 aliphatic rings.